The highest BCUT2D eigenvalue weighted by molar-refractivity contribution is 5.95. The highest BCUT2D eigenvalue weighted by Gasteiger charge is 2.45. The Bertz CT molecular complexity index is 820. The van der Waals surface area contributed by atoms with E-state index < -0.39 is 35.2 Å². The second-order valence-corrected chi connectivity index (χ2v) is 6.78. The van der Waals surface area contributed by atoms with E-state index in [-0.39, 0.29) is 11.9 Å². The van der Waals surface area contributed by atoms with Crippen molar-refractivity contribution in [3.05, 3.63) is 71.0 Å². The molecule has 4 rings (SSSR count). The van der Waals surface area contributed by atoms with Gasteiger partial charge in [0.15, 0.2) is 0 Å². The summed E-state index contributed by atoms with van der Waals surface area (Å²) in [6.45, 7) is 0. The maximum atomic E-state index is 13.9. The second kappa shape index (κ2) is 6.74. The molecule has 1 saturated heterocycles. The Labute approximate surface area is 148 Å². The number of carbonyl (C=O) groups is 1. The Hall–Kier alpha value is -2.38. The number of hydrogen-bond acceptors (Lipinski definition) is 3. The lowest BCUT2D eigenvalue weighted by Gasteiger charge is -2.25. The normalized spacial score (nSPS) is 25.3. The van der Waals surface area contributed by atoms with Crippen molar-refractivity contribution in [1.82, 2.24) is 16.2 Å². The van der Waals surface area contributed by atoms with E-state index in [1.165, 1.54) is 18.2 Å². The van der Waals surface area contributed by atoms with Gasteiger partial charge in [0.2, 0.25) is 0 Å². The number of hydrazine groups is 1. The van der Waals surface area contributed by atoms with Crippen LogP contribution in [0.1, 0.15) is 34.8 Å². The van der Waals surface area contributed by atoms with E-state index in [1.807, 2.05) is 0 Å². The first-order valence-electron chi connectivity index (χ1n) is 8.56. The van der Waals surface area contributed by atoms with E-state index in [9.17, 15) is 18.0 Å². The first kappa shape index (κ1) is 17.1. The average molecular weight is 361 g/mol. The SMILES string of the molecule is O=C(NC1C(c2cccc(F)c2)NNC1C1CC1)c1c(F)cccc1F. The molecular weight excluding hydrogens is 343 g/mol. The summed E-state index contributed by atoms with van der Waals surface area (Å²) in [7, 11) is 0. The van der Waals surface area contributed by atoms with Gasteiger partial charge in [-0.3, -0.25) is 10.2 Å². The zero-order valence-corrected chi connectivity index (χ0v) is 13.8. The Balaban J connectivity index is 1.63. The highest BCUT2D eigenvalue weighted by Crippen LogP contribution is 2.39. The van der Waals surface area contributed by atoms with Crippen LogP contribution in [0.3, 0.4) is 0 Å². The van der Waals surface area contributed by atoms with E-state index >= 15 is 0 Å². The summed E-state index contributed by atoms with van der Waals surface area (Å²) in [5.74, 6) is -2.66. The summed E-state index contributed by atoms with van der Waals surface area (Å²) in [5, 5.41) is 2.75. The molecule has 0 bridgehead atoms. The molecule has 1 aliphatic heterocycles. The number of nitrogens with one attached hydrogen (secondary N) is 3. The van der Waals surface area contributed by atoms with Crippen LogP contribution in [0.4, 0.5) is 13.2 Å². The molecule has 0 aromatic heterocycles. The van der Waals surface area contributed by atoms with Crippen LogP contribution in [0.5, 0.6) is 0 Å². The van der Waals surface area contributed by atoms with Crippen molar-refractivity contribution in [3.63, 3.8) is 0 Å². The van der Waals surface area contributed by atoms with Crippen LogP contribution in [0, 0.1) is 23.4 Å². The zero-order valence-electron chi connectivity index (χ0n) is 13.8. The topological polar surface area (TPSA) is 53.2 Å². The standard InChI is InChI=1S/C19H18F3N3O/c20-12-4-1-3-11(9-12)17-18(16(24-25-17)10-7-8-10)23-19(26)15-13(21)5-2-6-14(15)22/h1-6,9-10,16-18,24-25H,7-8H2,(H,23,26). The fourth-order valence-corrected chi connectivity index (χ4v) is 3.54. The predicted octanol–water partition coefficient (Wildman–Crippen LogP) is 2.83. The predicted molar refractivity (Wildman–Crippen MR) is 89.5 cm³/mol. The van der Waals surface area contributed by atoms with Crippen molar-refractivity contribution in [2.24, 2.45) is 5.92 Å². The summed E-state index contributed by atoms with van der Waals surface area (Å²) < 4.78 is 41.5. The molecule has 2 fully saturated rings. The first-order valence-corrected chi connectivity index (χ1v) is 8.56. The number of hydrogen-bond donors (Lipinski definition) is 3. The van der Waals surface area contributed by atoms with Crippen molar-refractivity contribution >= 4 is 5.91 Å². The minimum Gasteiger partial charge on any atom is -0.346 e. The largest absolute Gasteiger partial charge is 0.346 e. The smallest absolute Gasteiger partial charge is 0.257 e. The molecule has 4 nitrogen and oxygen atoms in total. The second-order valence-electron chi connectivity index (χ2n) is 6.78. The van der Waals surface area contributed by atoms with E-state index in [1.54, 1.807) is 12.1 Å². The van der Waals surface area contributed by atoms with Gasteiger partial charge in [-0.1, -0.05) is 18.2 Å². The monoisotopic (exact) mass is 361 g/mol. The molecule has 2 aliphatic rings. The number of carbonyl (C=O) groups excluding carboxylic acids is 1. The third kappa shape index (κ3) is 3.20. The van der Waals surface area contributed by atoms with Crippen molar-refractivity contribution in [2.45, 2.75) is 31.0 Å². The van der Waals surface area contributed by atoms with Crippen LogP contribution < -0.4 is 16.2 Å². The van der Waals surface area contributed by atoms with Crippen LogP contribution in [0.15, 0.2) is 42.5 Å². The maximum Gasteiger partial charge on any atom is 0.257 e. The molecular formula is C19H18F3N3O. The van der Waals surface area contributed by atoms with Gasteiger partial charge in [0.05, 0.1) is 12.1 Å². The minimum absolute atomic E-state index is 0.0953. The molecule has 26 heavy (non-hydrogen) atoms. The molecule has 3 N–H and O–H groups in total. The Morgan fingerprint density at radius 3 is 2.35 bits per heavy atom. The average Bonchev–Trinajstić information content (AvgIpc) is 3.36. The lowest BCUT2D eigenvalue weighted by molar-refractivity contribution is 0.0919. The molecule has 1 amide bonds. The number of benzene rings is 2. The molecule has 1 aliphatic carbocycles. The van der Waals surface area contributed by atoms with E-state index in [4.69, 9.17) is 0 Å². The fraction of sp³-hybridized carbons (Fsp3) is 0.316. The zero-order chi connectivity index (χ0) is 18.3. The Morgan fingerprint density at radius 1 is 1.00 bits per heavy atom. The molecule has 2 aromatic rings. The van der Waals surface area contributed by atoms with Crippen molar-refractivity contribution in [3.8, 4) is 0 Å². The van der Waals surface area contributed by atoms with Gasteiger partial charge in [-0.05, 0) is 48.6 Å². The van der Waals surface area contributed by atoms with E-state index in [0.29, 0.717) is 11.5 Å². The number of halogens is 3. The van der Waals surface area contributed by atoms with Gasteiger partial charge in [0, 0.05) is 6.04 Å². The number of rotatable bonds is 4. The van der Waals surface area contributed by atoms with Gasteiger partial charge in [-0.25, -0.2) is 18.6 Å². The molecule has 2 aromatic carbocycles. The fourth-order valence-electron chi connectivity index (χ4n) is 3.54. The third-order valence-electron chi connectivity index (χ3n) is 4.98. The summed E-state index contributed by atoms with van der Waals surface area (Å²) in [5.41, 5.74) is 6.28. The van der Waals surface area contributed by atoms with Gasteiger partial charge in [0.1, 0.15) is 23.0 Å². The first-order chi connectivity index (χ1) is 12.5. The molecule has 3 atom stereocenters. The maximum absolute atomic E-state index is 13.9. The van der Waals surface area contributed by atoms with Crippen LogP contribution in [-0.4, -0.2) is 18.0 Å². The molecule has 7 heteroatoms. The van der Waals surface area contributed by atoms with Gasteiger partial charge >= 0.3 is 0 Å². The van der Waals surface area contributed by atoms with Gasteiger partial charge in [-0.15, -0.1) is 0 Å². The molecule has 0 spiro atoms. The number of amides is 1. The van der Waals surface area contributed by atoms with Gasteiger partial charge < -0.3 is 5.32 Å². The Morgan fingerprint density at radius 2 is 1.69 bits per heavy atom. The highest BCUT2D eigenvalue weighted by atomic mass is 19.1. The molecule has 1 heterocycles. The third-order valence-corrected chi connectivity index (χ3v) is 4.98. The van der Waals surface area contributed by atoms with E-state index in [2.05, 4.69) is 16.2 Å². The molecule has 0 radical (unpaired) electrons. The van der Waals surface area contributed by atoms with Crippen molar-refractivity contribution in [1.29, 1.82) is 0 Å². The lowest BCUT2D eigenvalue weighted by atomic mass is 9.93. The van der Waals surface area contributed by atoms with Crippen LogP contribution in [0.2, 0.25) is 0 Å². The van der Waals surface area contributed by atoms with E-state index in [0.717, 1.165) is 25.0 Å². The van der Waals surface area contributed by atoms with Gasteiger partial charge in [-0.2, -0.15) is 0 Å². The summed E-state index contributed by atoms with van der Waals surface area (Å²) >= 11 is 0. The lowest BCUT2D eigenvalue weighted by Crippen LogP contribution is -2.47. The Kier molecular flexibility index (Phi) is 4.42. The van der Waals surface area contributed by atoms with Crippen molar-refractivity contribution in [2.75, 3.05) is 0 Å². The quantitative estimate of drug-likeness (QED) is 0.785. The molecule has 1 saturated carbocycles. The van der Waals surface area contributed by atoms with Crippen LogP contribution in [-0.2, 0) is 0 Å². The molecule has 3 unspecified atom stereocenters. The summed E-state index contributed by atoms with van der Waals surface area (Å²) in [6, 6.07) is 8.41. The van der Waals surface area contributed by atoms with Crippen LogP contribution >= 0.6 is 0 Å². The summed E-state index contributed by atoms with van der Waals surface area (Å²) in [4.78, 5) is 12.6. The summed E-state index contributed by atoms with van der Waals surface area (Å²) in [6.07, 6.45) is 2.02. The minimum atomic E-state index is -0.910. The van der Waals surface area contributed by atoms with Crippen molar-refractivity contribution < 1.29 is 18.0 Å². The molecule has 136 valence electrons. The van der Waals surface area contributed by atoms with Gasteiger partial charge in [0.25, 0.3) is 5.91 Å². The van der Waals surface area contributed by atoms with Crippen LogP contribution in [0.25, 0.3) is 0 Å².